The number of nitrogens with two attached hydrogens (primary N) is 1. The zero-order valence-corrected chi connectivity index (χ0v) is 10.6. The summed E-state index contributed by atoms with van der Waals surface area (Å²) >= 11 is 1.57. The molecule has 2 N–H and O–H groups in total. The van der Waals surface area contributed by atoms with Crippen LogP contribution in [0.1, 0.15) is 6.42 Å². The first-order valence-electron chi connectivity index (χ1n) is 5.33. The van der Waals surface area contributed by atoms with Crippen molar-refractivity contribution in [3.8, 4) is 0 Å². The van der Waals surface area contributed by atoms with Crippen LogP contribution in [0, 0.1) is 0 Å². The van der Waals surface area contributed by atoms with E-state index in [-0.39, 0.29) is 28.7 Å². The van der Waals surface area contributed by atoms with Crippen LogP contribution in [0.2, 0.25) is 0 Å². The van der Waals surface area contributed by atoms with Crippen LogP contribution in [0.25, 0.3) is 0 Å². The Morgan fingerprint density at radius 1 is 1.50 bits per heavy atom. The second-order valence-corrected chi connectivity index (χ2v) is 7.79. The van der Waals surface area contributed by atoms with Crippen LogP contribution in [-0.4, -0.2) is 60.9 Å². The smallest absolute Gasteiger partial charge is 0.232 e. The van der Waals surface area contributed by atoms with E-state index in [1.165, 1.54) is 0 Å². The number of carbonyl (C=O) groups excluding carboxylic acids is 1. The van der Waals surface area contributed by atoms with Crippen LogP contribution in [0.5, 0.6) is 0 Å². The average Bonchev–Trinajstić information content (AvgIpc) is 2.59. The highest BCUT2D eigenvalue weighted by atomic mass is 32.2. The first-order valence-corrected chi connectivity index (χ1v) is 8.20. The molecule has 7 heteroatoms. The number of nitrogens with zero attached hydrogens (tertiary/aromatic N) is 1. The lowest BCUT2D eigenvalue weighted by Crippen LogP contribution is -2.50. The molecule has 5 nitrogen and oxygen atoms in total. The third-order valence-corrected chi connectivity index (χ3v) is 6.05. The van der Waals surface area contributed by atoms with Crippen molar-refractivity contribution in [2.45, 2.75) is 17.7 Å². The lowest BCUT2D eigenvalue weighted by molar-refractivity contribution is -0.130. The van der Waals surface area contributed by atoms with Crippen LogP contribution in [-0.2, 0) is 14.6 Å². The van der Waals surface area contributed by atoms with Crippen molar-refractivity contribution in [2.24, 2.45) is 5.73 Å². The molecule has 2 atom stereocenters. The molecule has 16 heavy (non-hydrogen) atoms. The lowest BCUT2D eigenvalue weighted by atomic mass is 10.2. The molecule has 1 amide bonds. The lowest BCUT2D eigenvalue weighted by Gasteiger charge is -2.35. The maximum Gasteiger partial charge on any atom is 0.232 e. The highest BCUT2D eigenvalue weighted by molar-refractivity contribution is 8.00. The monoisotopic (exact) mass is 264 g/mol. The normalized spacial score (nSPS) is 34.3. The maximum atomic E-state index is 11.7. The Labute approximate surface area is 99.7 Å². The Morgan fingerprint density at radius 3 is 2.81 bits per heavy atom. The van der Waals surface area contributed by atoms with Gasteiger partial charge in [0, 0.05) is 24.4 Å². The van der Waals surface area contributed by atoms with Crippen molar-refractivity contribution >= 4 is 27.5 Å². The number of thioether (sulfide) groups is 1. The first-order chi connectivity index (χ1) is 7.52. The molecule has 0 spiro atoms. The zero-order valence-electron chi connectivity index (χ0n) is 8.96. The summed E-state index contributed by atoms with van der Waals surface area (Å²) in [7, 11) is -2.92. The predicted molar refractivity (Wildman–Crippen MR) is 64.1 cm³/mol. The van der Waals surface area contributed by atoms with Crippen molar-refractivity contribution in [3.05, 3.63) is 0 Å². The molecule has 2 saturated heterocycles. The standard InChI is InChI=1S/C9H16N2O3S2/c10-3-8-4-11(9(12)5-15-8)7-1-2-16(13,14)6-7/h7-8H,1-6,10H2. The molecule has 2 heterocycles. The number of sulfone groups is 1. The van der Waals surface area contributed by atoms with Crippen LogP contribution >= 0.6 is 11.8 Å². The van der Waals surface area contributed by atoms with Crippen LogP contribution in [0.3, 0.4) is 0 Å². The van der Waals surface area contributed by atoms with Crippen LogP contribution in [0.15, 0.2) is 0 Å². The van der Waals surface area contributed by atoms with Gasteiger partial charge in [0.15, 0.2) is 9.84 Å². The van der Waals surface area contributed by atoms with Crippen molar-refractivity contribution < 1.29 is 13.2 Å². The molecular formula is C9H16N2O3S2. The predicted octanol–water partition coefficient (Wildman–Crippen LogP) is -0.924. The van der Waals surface area contributed by atoms with Gasteiger partial charge in [-0.2, -0.15) is 0 Å². The summed E-state index contributed by atoms with van der Waals surface area (Å²) in [4.78, 5) is 13.4. The molecule has 2 rings (SSSR count). The number of rotatable bonds is 2. The maximum absolute atomic E-state index is 11.7. The average molecular weight is 264 g/mol. The summed E-state index contributed by atoms with van der Waals surface area (Å²) in [6.45, 7) is 1.13. The zero-order chi connectivity index (χ0) is 11.8. The van der Waals surface area contributed by atoms with Crippen molar-refractivity contribution in [3.63, 3.8) is 0 Å². The van der Waals surface area contributed by atoms with E-state index in [9.17, 15) is 13.2 Å². The Bertz CT molecular complexity index is 382. The van der Waals surface area contributed by atoms with Gasteiger partial charge >= 0.3 is 0 Å². The molecule has 2 aliphatic rings. The first kappa shape index (κ1) is 12.2. The third-order valence-electron chi connectivity index (χ3n) is 3.08. The molecule has 92 valence electrons. The van der Waals surface area contributed by atoms with Crippen molar-refractivity contribution in [1.82, 2.24) is 4.90 Å². The summed E-state index contributed by atoms with van der Waals surface area (Å²) in [6.07, 6.45) is 0.579. The highest BCUT2D eigenvalue weighted by Gasteiger charge is 2.37. The van der Waals surface area contributed by atoms with E-state index in [1.54, 1.807) is 16.7 Å². The molecule has 0 aromatic carbocycles. The fourth-order valence-electron chi connectivity index (χ4n) is 2.16. The minimum Gasteiger partial charge on any atom is -0.337 e. The van der Waals surface area contributed by atoms with Gasteiger partial charge in [-0.15, -0.1) is 11.8 Å². The second kappa shape index (κ2) is 4.54. The summed E-state index contributed by atoms with van der Waals surface area (Å²) in [5.74, 6) is 0.817. The van der Waals surface area contributed by atoms with Crippen LogP contribution < -0.4 is 5.73 Å². The number of hydrogen-bond acceptors (Lipinski definition) is 5. The molecular weight excluding hydrogens is 248 g/mol. The van der Waals surface area contributed by atoms with E-state index >= 15 is 0 Å². The van der Waals surface area contributed by atoms with Crippen molar-refractivity contribution in [1.29, 1.82) is 0 Å². The third kappa shape index (κ3) is 2.52. The fraction of sp³-hybridized carbons (Fsp3) is 0.889. The van der Waals surface area contributed by atoms with E-state index in [2.05, 4.69) is 0 Å². The van der Waals surface area contributed by atoms with Gasteiger partial charge in [0.05, 0.1) is 17.3 Å². The quantitative estimate of drug-likeness (QED) is 0.697. The van der Waals surface area contributed by atoms with Gasteiger partial charge in [0.1, 0.15) is 0 Å². The molecule has 0 aliphatic carbocycles. The molecule has 2 unspecified atom stereocenters. The molecule has 0 aromatic rings. The van der Waals surface area contributed by atoms with Crippen LogP contribution in [0.4, 0.5) is 0 Å². The van der Waals surface area contributed by atoms with Gasteiger partial charge in [0.25, 0.3) is 0 Å². The van der Waals surface area contributed by atoms with E-state index in [0.29, 0.717) is 25.3 Å². The molecule has 0 bridgehead atoms. The minimum atomic E-state index is -2.92. The van der Waals surface area contributed by atoms with Gasteiger partial charge in [-0.05, 0) is 6.42 Å². The number of amides is 1. The Balaban J connectivity index is 2.05. The summed E-state index contributed by atoms with van der Waals surface area (Å²) < 4.78 is 22.7. The van der Waals surface area contributed by atoms with E-state index in [0.717, 1.165) is 0 Å². The topological polar surface area (TPSA) is 80.5 Å². The van der Waals surface area contributed by atoms with E-state index in [4.69, 9.17) is 5.73 Å². The summed E-state index contributed by atoms with van der Waals surface area (Å²) in [6, 6.07) is -0.118. The number of carbonyl (C=O) groups is 1. The SMILES string of the molecule is NCC1CN(C2CCS(=O)(=O)C2)C(=O)CS1. The summed E-state index contributed by atoms with van der Waals surface area (Å²) in [5, 5.41) is 0.251. The van der Waals surface area contributed by atoms with Gasteiger partial charge in [0.2, 0.25) is 5.91 Å². The Kier molecular flexibility index (Phi) is 3.46. The van der Waals surface area contributed by atoms with E-state index < -0.39 is 9.84 Å². The van der Waals surface area contributed by atoms with Gasteiger partial charge in [-0.3, -0.25) is 4.79 Å². The largest absolute Gasteiger partial charge is 0.337 e. The van der Waals surface area contributed by atoms with E-state index in [1.807, 2.05) is 0 Å². The second-order valence-electron chi connectivity index (χ2n) is 4.27. The molecule has 0 radical (unpaired) electrons. The van der Waals surface area contributed by atoms with Gasteiger partial charge < -0.3 is 10.6 Å². The van der Waals surface area contributed by atoms with Gasteiger partial charge in [-0.25, -0.2) is 8.42 Å². The number of hydrogen-bond donors (Lipinski definition) is 1. The minimum absolute atomic E-state index is 0.0526. The van der Waals surface area contributed by atoms with Crippen molar-refractivity contribution in [2.75, 3.05) is 30.3 Å². The molecule has 0 aromatic heterocycles. The van der Waals surface area contributed by atoms with Gasteiger partial charge in [-0.1, -0.05) is 0 Å². The molecule has 2 fully saturated rings. The Hall–Kier alpha value is -0.270. The fourth-order valence-corrected chi connectivity index (χ4v) is 4.84. The summed E-state index contributed by atoms with van der Waals surface area (Å²) in [5.41, 5.74) is 5.59. The Morgan fingerprint density at radius 2 is 2.25 bits per heavy atom. The molecule has 2 aliphatic heterocycles. The molecule has 0 saturated carbocycles. The highest BCUT2D eigenvalue weighted by Crippen LogP contribution is 2.25.